The van der Waals surface area contributed by atoms with Gasteiger partial charge in [0.2, 0.25) is 0 Å². The van der Waals surface area contributed by atoms with Crippen LogP contribution >= 0.6 is 0 Å². The van der Waals surface area contributed by atoms with Gasteiger partial charge in [-0.2, -0.15) is 0 Å². The van der Waals surface area contributed by atoms with Crippen molar-refractivity contribution in [2.45, 2.75) is 26.3 Å². The average Bonchev–Trinajstić information content (AvgIpc) is 3.17. The highest BCUT2D eigenvalue weighted by Crippen LogP contribution is 2.24. The lowest BCUT2D eigenvalue weighted by Gasteiger charge is -2.22. The summed E-state index contributed by atoms with van der Waals surface area (Å²) in [4.78, 5) is 24.5. The Morgan fingerprint density at radius 3 is 2.83 bits per heavy atom. The first-order valence-electron chi connectivity index (χ1n) is 7.82. The number of fused-ring (bicyclic) bond motifs is 1. The van der Waals surface area contributed by atoms with Crippen molar-refractivity contribution >= 4 is 16.9 Å². The van der Waals surface area contributed by atoms with Gasteiger partial charge in [0.15, 0.2) is 0 Å². The predicted molar refractivity (Wildman–Crippen MR) is 89.0 cm³/mol. The van der Waals surface area contributed by atoms with Gasteiger partial charge < -0.3 is 14.9 Å². The molecule has 3 rings (SSSR count). The zero-order valence-corrected chi connectivity index (χ0v) is 13.6. The number of aryl methyl sites for hydroxylation is 1. The monoisotopic (exact) mass is 311 g/mol. The summed E-state index contributed by atoms with van der Waals surface area (Å²) in [5, 5.41) is 3.07. The molecule has 6 nitrogen and oxygen atoms in total. The number of para-hydroxylation sites is 2. The van der Waals surface area contributed by atoms with E-state index >= 15 is 0 Å². The van der Waals surface area contributed by atoms with Gasteiger partial charge >= 0.3 is 0 Å². The number of hydrogen-bond donors (Lipinski definition) is 2. The lowest BCUT2D eigenvalue weighted by Crippen LogP contribution is -2.33. The zero-order chi connectivity index (χ0) is 16.4. The molecule has 0 aliphatic heterocycles. The highest BCUT2D eigenvalue weighted by molar-refractivity contribution is 5.92. The molecule has 0 bridgehead atoms. The first-order valence-corrected chi connectivity index (χ1v) is 7.82. The van der Waals surface area contributed by atoms with E-state index in [1.165, 1.54) is 0 Å². The number of aromatic amines is 1. The Morgan fingerprint density at radius 2 is 2.17 bits per heavy atom. The summed E-state index contributed by atoms with van der Waals surface area (Å²) in [5.74, 6) is 0.851. The van der Waals surface area contributed by atoms with Gasteiger partial charge in [0.1, 0.15) is 11.5 Å². The number of carbonyl (C=O) groups is 1. The van der Waals surface area contributed by atoms with Crippen LogP contribution in [0.5, 0.6) is 0 Å². The third kappa shape index (κ3) is 3.11. The number of aromatic nitrogens is 4. The Bertz CT molecular complexity index is 786. The van der Waals surface area contributed by atoms with Crippen molar-refractivity contribution in [3.63, 3.8) is 0 Å². The molecule has 0 aliphatic rings. The van der Waals surface area contributed by atoms with Crippen LogP contribution in [0.2, 0.25) is 0 Å². The van der Waals surface area contributed by atoms with Crippen LogP contribution in [-0.2, 0) is 7.05 Å². The third-order valence-electron chi connectivity index (χ3n) is 4.14. The van der Waals surface area contributed by atoms with E-state index in [4.69, 9.17) is 0 Å². The van der Waals surface area contributed by atoms with Crippen molar-refractivity contribution in [2.24, 2.45) is 13.0 Å². The van der Waals surface area contributed by atoms with Gasteiger partial charge in [-0.05, 0) is 18.1 Å². The molecule has 0 aliphatic carbocycles. The molecule has 2 heterocycles. The number of imidazole rings is 2. The summed E-state index contributed by atoms with van der Waals surface area (Å²) >= 11 is 0. The molecule has 2 atom stereocenters. The lowest BCUT2D eigenvalue weighted by atomic mass is 9.98. The van der Waals surface area contributed by atoms with Crippen LogP contribution in [-0.4, -0.2) is 25.4 Å². The van der Waals surface area contributed by atoms with E-state index in [1.54, 1.807) is 17.1 Å². The molecule has 0 unspecified atom stereocenters. The minimum absolute atomic E-state index is 0.179. The van der Waals surface area contributed by atoms with Gasteiger partial charge in [-0.15, -0.1) is 0 Å². The molecule has 23 heavy (non-hydrogen) atoms. The highest BCUT2D eigenvalue weighted by atomic mass is 16.2. The number of nitrogens with zero attached hydrogens (tertiary/aromatic N) is 3. The highest BCUT2D eigenvalue weighted by Gasteiger charge is 2.24. The van der Waals surface area contributed by atoms with Crippen LogP contribution in [0.3, 0.4) is 0 Å². The lowest BCUT2D eigenvalue weighted by molar-refractivity contribution is 0.0915. The number of benzene rings is 1. The number of amides is 1. The topological polar surface area (TPSA) is 75.6 Å². The van der Waals surface area contributed by atoms with Crippen molar-refractivity contribution in [1.82, 2.24) is 24.8 Å². The molecule has 0 saturated carbocycles. The number of hydrogen-bond acceptors (Lipinski definition) is 3. The Labute approximate surface area is 135 Å². The van der Waals surface area contributed by atoms with Gasteiger partial charge in [-0.3, -0.25) is 4.79 Å². The van der Waals surface area contributed by atoms with Gasteiger partial charge in [0.05, 0.1) is 23.4 Å². The summed E-state index contributed by atoms with van der Waals surface area (Å²) in [5.41, 5.74) is 2.29. The number of nitrogens with one attached hydrogen (secondary N) is 2. The molecule has 120 valence electrons. The second-order valence-electron chi connectivity index (χ2n) is 5.90. The van der Waals surface area contributed by atoms with Crippen LogP contribution in [0.15, 0.2) is 36.8 Å². The Morgan fingerprint density at radius 1 is 1.39 bits per heavy atom. The first-order chi connectivity index (χ1) is 11.1. The molecule has 6 heteroatoms. The van der Waals surface area contributed by atoms with E-state index < -0.39 is 0 Å². The first kappa shape index (κ1) is 15.3. The second-order valence-corrected chi connectivity index (χ2v) is 5.90. The van der Waals surface area contributed by atoms with Crippen molar-refractivity contribution in [1.29, 1.82) is 0 Å². The van der Waals surface area contributed by atoms with Crippen molar-refractivity contribution in [3.05, 3.63) is 48.3 Å². The van der Waals surface area contributed by atoms with Gasteiger partial charge in [0.25, 0.3) is 5.91 Å². The molecule has 0 fully saturated rings. The summed E-state index contributed by atoms with van der Waals surface area (Å²) in [6.07, 6.45) is 4.26. The van der Waals surface area contributed by atoms with Crippen LogP contribution in [0.4, 0.5) is 0 Å². The minimum Gasteiger partial charge on any atom is -0.340 e. The van der Waals surface area contributed by atoms with E-state index in [0.29, 0.717) is 5.69 Å². The third-order valence-corrected chi connectivity index (χ3v) is 4.14. The molecular weight excluding hydrogens is 290 g/mol. The number of rotatable bonds is 5. The Hall–Kier alpha value is -2.63. The van der Waals surface area contributed by atoms with Crippen LogP contribution < -0.4 is 5.32 Å². The van der Waals surface area contributed by atoms with E-state index in [1.807, 2.05) is 31.3 Å². The fraction of sp³-hybridized carbons (Fsp3) is 0.353. The molecule has 0 saturated heterocycles. The van der Waals surface area contributed by atoms with E-state index in [0.717, 1.165) is 23.3 Å². The summed E-state index contributed by atoms with van der Waals surface area (Å²) in [6.45, 7) is 4.21. The largest absolute Gasteiger partial charge is 0.340 e. The SMILES string of the molecule is CC[C@@H](C)[C@@H](NC(=O)c1cn(C)cn1)c1nc2ccccc2[nH]1. The normalized spacial score (nSPS) is 13.9. The van der Waals surface area contributed by atoms with E-state index in [-0.39, 0.29) is 17.9 Å². The van der Waals surface area contributed by atoms with Gasteiger partial charge in [-0.1, -0.05) is 32.4 Å². The van der Waals surface area contributed by atoms with E-state index in [9.17, 15) is 4.79 Å². The molecule has 3 aromatic rings. The Balaban J connectivity index is 1.89. The van der Waals surface area contributed by atoms with Crippen LogP contribution in [0.25, 0.3) is 11.0 Å². The summed E-state index contributed by atoms with van der Waals surface area (Å²) in [6, 6.07) is 7.69. The average molecular weight is 311 g/mol. The zero-order valence-electron chi connectivity index (χ0n) is 13.6. The maximum Gasteiger partial charge on any atom is 0.272 e. The van der Waals surface area contributed by atoms with Crippen molar-refractivity contribution < 1.29 is 4.79 Å². The molecule has 0 spiro atoms. The summed E-state index contributed by atoms with van der Waals surface area (Å²) < 4.78 is 1.76. The standard InChI is InChI=1S/C17H21N5O/c1-4-11(2)15(21-17(23)14-9-22(3)10-18-14)16-19-12-7-5-6-8-13(12)20-16/h5-11,15H,4H2,1-3H3,(H,19,20)(H,21,23)/t11-,15-/m1/s1. The molecular formula is C17H21N5O. The molecule has 0 radical (unpaired) electrons. The fourth-order valence-electron chi connectivity index (χ4n) is 2.58. The number of carbonyl (C=O) groups excluding carboxylic acids is 1. The van der Waals surface area contributed by atoms with Crippen LogP contribution in [0.1, 0.15) is 42.6 Å². The molecule has 1 aromatic carbocycles. The Kier molecular flexibility index (Phi) is 4.14. The summed E-state index contributed by atoms with van der Waals surface area (Å²) in [7, 11) is 1.84. The van der Waals surface area contributed by atoms with Crippen molar-refractivity contribution in [2.75, 3.05) is 0 Å². The second kappa shape index (κ2) is 6.24. The van der Waals surface area contributed by atoms with Crippen LogP contribution in [0, 0.1) is 5.92 Å². The van der Waals surface area contributed by atoms with Crippen molar-refractivity contribution in [3.8, 4) is 0 Å². The molecule has 2 N–H and O–H groups in total. The smallest absolute Gasteiger partial charge is 0.272 e. The minimum atomic E-state index is -0.184. The van der Waals surface area contributed by atoms with Gasteiger partial charge in [0, 0.05) is 13.2 Å². The maximum atomic E-state index is 12.4. The fourth-order valence-corrected chi connectivity index (χ4v) is 2.58. The molecule has 2 aromatic heterocycles. The molecule has 1 amide bonds. The predicted octanol–water partition coefficient (Wildman–Crippen LogP) is 2.81. The number of H-pyrrole nitrogens is 1. The van der Waals surface area contributed by atoms with E-state index in [2.05, 4.69) is 34.1 Å². The quantitative estimate of drug-likeness (QED) is 0.761. The maximum absolute atomic E-state index is 12.4. The van der Waals surface area contributed by atoms with Gasteiger partial charge in [-0.25, -0.2) is 9.97 Å².